The van der Waals surface area contributed by atoms with Crippen molar-refractivity contribution in [3.63, 3.8) is 0 Å². The van der Waals surface area contributed by atoms with Gasteiger partial charge in [0.25, 0.3) is 15.1 Å². The highest BCUT2D eigenvalue weighted by Gasteiger charge is 2.52. The Labute approximate surface area is 220 Å². The molecular formula is C26H31F2N3O4S2. The van der Waals surface area contributed by atoms with E-state index in [9.17, 15) is 26.8 Å². The summed E-state index contributed by atoms with van der Waals surface area (Å²) in [6, 6.07) is 7.95. The molecule has 1 atom stereocenters. The molecule has 1 spiro atoms. The summed E-state index contributed by atoms with van der Waals surface area (Å²) in [6.07, 6.45) is 3.18. The quantitative estimate of drug-likeness (QED) is 0.566. The van der Waals surface area contributed by atoms with Crippen LogP contribution in [0.5, 0.6) is 0 Å². The molecule has 0 bridgehead atoms. The number of halogens is 2. The Morgan fingerprint density at radius 3 is 2.35 bits per heavy atom. The Kier molecular flexibility index (Phi) is 8.08. The molecule has 4 rings (SSSR count). The van der Waals surface area contributed by atoms with E-state index in [-0.39, 0.29) is 37.9 Å². The average molecular weight is 552 g/mol. The van der Waals surface area contributed by atoms with Crippen molar-refractivity contribution >= 4 is 32.8 Å². The zero-order chi connectivity index (χ0) is 27.0. The van der Waals surface area contributed by atoms with E-state index in [1.165, 1.54) is 0 Å². The number of nitrogens with zero attached hydrogens (tertiary/aromatic N) is 2. The first kappa shape index (κ1) is 27.7. The molecule has 2 aliphatic heterocycles. The highest BCUT2D eigenvalue weighted by Crippen LogP contribution is 2.36. The van der Waals surface area contributed by atoms with E-state index >= 15 is 0 Å². The predicted octanol–water partition coefficient (Wildman–Crippen LogP) is 3.60. The molecule has 1 N–H and O–H groups in total. The number of aryl methyl sites for hydroxylation is 2. The van der Waals surface area contributed by atoms with Crippen LogP contribution in [0.3, 0.4) is 0 Å². The molecule has 11 heteroatoms. The Balaban J connectivity index is 1.56. The van der Waals surface area contributed by atoms with Crippen molar-refractivity contribution in [3.05, 3.63) is 70.3 Å². The molecule has 2 aliphatic rings. The van der Waals surface area contributed by atoms with Crippen molar-refractivity contribution in [2.75, 3.05) is 25.1 Å². The van der Waals surface area contributed by atoms with E-state index in [0.29, 0.717) is 19.0 Å². The third-order valence-electron chi connectivity index (χ3n) is 7.03. The number of carbonyl (C=O) groups is 2. The number of hydrogen-bond acceptors (Lipinski definition) is 6. The van der Waals surface area contributed by atoms with Gasteiger partial charge in [0.15, 0.2) is 0 Å². The van der Waals surface area contributed by atoms with Gasteiger partial charge in [-0.1, -0.05) is 29.3 Å². The van der Waals surface area contributed by atoms with Gasteiger partial charge in [-0.25, -0.2) is 17.2 Å². The van der Waals surface area contributed by atoms with E-state index in [4.69, 9.17) is 0 Å². The van der Waals surface area contributed by atoms with Crippen molar-refractivity contribution in [3.8, 4) is 0 Å². The van der Waals surface area contributed by atoms with Gasteiger partial charge in [-0.15, -0.1) is 0 Å². The van der Waals surface area contributed by atoms with Crippen LogP contribution in [-0.2, 0) is 21.4 Å². The Hall–Kier alpha value is -2.34. The fraction of sp³-hybridized carbons (Fsp3) is 0.462. The van der Waals surface area contributed by atoms with Gasteiger partial charge in [-0.05, 0) is 62.8 Å². The summed E-state index contributed by atoms with van der Waals surface area (Å²) in [5.41, 5.74) is 1.73. The topological polar surface area (TPSA) is 86.8 Å². The standard InChI is InChI=1S/C26H31F2N3O4S2/c1-17-12-18(2)14-19(13-17)16-31-24(32)23(6-11-36-3)29-26(31)7-9-30(10-8-26)37(34,35)25(33)21-5-4-20(27)15-22(21)28/h4-5,12-15,23,29H,6-11,16H2,1-3H3. The minimum absolute atomic E-state index is 0.0181. The van der Waals surface area contributed by atoms with E-state index in [1.807, 2.05) is 37.1 Å². The van der Waals surface area contributed by atoms with Crippen molar-refractivity contribution in [2.45, 2.75) is 51.4 Å². The van der Waals surface area contributed by atoms with Crippen molar-refractivity contribution in [1.82, 2.24) is 14.5 Å². The molecule has 0 aliphatic carbocycles. The fourth-order valence-electron chi connectivity index (χ4n) is 5.29. The summed E-state index contributed by atoms with van der Waals surface area (Å²) in [4.78, 5) is 28.0. The van der Waals surface area contributed by atoms with Crippen LogP contribution in [0.4, 0.5) is 8.78 Å². The third kappa shape index (κ3) is 5.59. The van der Waals surface area contributed by atoms with E-state index in [2.05, 4.69) is 11.4 Å². The molecule has 2 heterocycles. The number of piperidine rings is 1. The van der Waals surface area contributed by atoms with Crippen LogP contribution in [0.2, 0.25) is 0 Å². The van der Waals surface area contributed by atoms with Gasteiger partial charge in [-0.3, -0.25) is 14.9 Å². The minimum Gasteiger partial charge on any atom is -0.319 e. The van der Waals surface area contributed by atoms with Gasteiger partial charge >= 0.3 is 0 Å². The van der Waals surface area contributed by atoms with Gasteiger partial charge < -0.3 is 4.90 Å². The van der Waals surface area contributed by atoms with Crippen LogP contribution in [0, 0.1) is 25.5 Å². The molecule has 2 fully saturated rings. The molecule has 2 aromatic carbocycles. The maximum atomic E-state index is 14.1. The van der Waals surface area contributed by atoms with Crippen LogP contribution < -0.4 is 5.32 Å². The molecule has 1 unspecified atom stereocenters. The largest absolute Gasteiger partial charge is 0.319 e. The van der Waals surface area contributed by atoms with Gasteiger partial charge in [0.1, 0.15) is 11.6 Å². The first-order chi connectivity index (χ1) is 17.5. The molecular weight excluding hydrogens is 520 g/mol. The van der Waals surface area contributed by atoms with Crippen LogP contribution in [0.25, 0.3) is 0 Å². The lowest BCUT2D eigenvalue weighted by Gasteiger charge is -2.44. The van der Waals surface area contributed by atoms with Crippen LogP contribution in [0.1, 0.15) is 46.3 Å². The molecule has 1 amide bonds. The Morgan fingerprint density at radius 1 is 1.11 bits per heavy atom. The second-order valence-electron chi connectivity index (χ2n) is 9.75. The zero-order valence-corrected chi connectivity index (χ0v) is 22.7. The van der Waals surface area contributed by atoms with Crippen LogP contribution in [0.15, 0.2) is 36.4 Å². The highest BCUT2D eigenvalue weighted by molar-refractivity contribution is 8.04. The second-order valence-corrected chi connectivity index (χ2v) is 12.6. The van der Waals surface area contributed by atoms with Gasteiger partial charge in [-0.2, -0.15) is 16.1 Å². The maximum Gasteiger partial charge on any atom is 0.294 e. The first-order valence-corrected chi connectivity index (χ1v) is 14.9. The smallest absolute Gasteiger partial charge is 0.294 e. The third-order valence-corrected chi connectivity index (χ3v) is 9.41. The van der Waals surface area contributed by atoms with E-state index in [0.717, 1.165) is 38.9 Å². The maximum absolute atomic E-state index is 14.1. The number of thioether (sulfide) groups is 1. The highest BCUT2D eigenvalue weighted by atomic mass is 32.2. The summed E-state index contributed by atoms with van der Waals surface area (Å²) in [5.74, 6) is -1.34. The molecule has 0 aromatic heterocycles. The molecule has 37 heavy (non-hydrogen) atoms. The van der Waals surface area contributed by atoms with Crippen LogP contribution >= 0.6 is 11.8 Å². The normalized spacial score (nSPS) is 20.1. The summed E-state index contributed by atoms with van der Waals surface area (Å²) in [5, 5.41) is 2.09. The van der Waals surface area contributed by atoms with Gasteiger partial charge in [0.05, 0.1) is 17.3 Å². The van der Waals surface area contributed by atoms with E-state index < -0.39 is 38.0 Å². The first-order valence-electron chi connectivity index (χ1n) is 12.1. The lowest BCUT2D eigenvalue weighted by molar-refractivity contribution is -0.134. The zero-order valence-electron chi connectivity index (χ0n) is 21.1. The second kappa shape index (κ2) is 10.8. The molecule has 2 aromatic rings. The molecule has 0 radical (unpaired) electrons. The Morgan fingerprint density at radius 2 is 1.76 bits per heavy atom. The monoisotopic (exact) mass is 551 g/mol. The lowest BCUT2D eigenvalue weighted by Crippen LogP contribution is -2.59. The SMILES string of the molecule is CSCCC1NC2(CCN(S(=O)(=O)C(=O)c3ccc(F)cc3F)CC2)N(Cc2cc(C)cc(C)c2)C1=O. The predicted molar refractivity (Wildman–Crippen MR) is 140 cm³/mol. The summed E-state index contributed by atoms with van der Waals surface area (Å²) < 4.78 is 54.5. The lowest BCUT2D eigenvalue weighted by atomic mass is 9.96. The molecule has 0 saturated carbocycles. The van der Waals surface area contributed by atoms with Gasteiger partial charge in [0, 0.05) is 25.7 Å². The minimum atomic E-state index is -4.53. The average Bonchev–Trinajstić information content (AvgIpc) is 3.07. The summed E-state index contributed by atoms with van der Waals surface area (Å²) >= 11 is 1.65. The number of nitrogens with one attached hydrogen (secondary N) is 1. The van der Waals surface area contributed by atoms with Gasteiger partial charge in [0.2, 0.25) is 5.91 Å². The number of carbonyl (C=O) groups excluding carboxylic acids is 2. The Bertz CT molecular complexity index is 1290. The fourth-order valence-corrected chi connectivity index (χ4v) is 7.10. The molecule has 200 valence electrons. The summed E-state index contributed by atoms with van der Waals surface area (Å²) in [7, 11) is -4.53. The molecule has 7 nitrogen and oxygen atoms in total. The van der Waals surface area contributed by atoms with Crippen LogP contribution in [-0.4, -0.2) is 65.4 Å². The molecule has 2 saturated heterocycles. The number of rotatable bonds is 7. The van der Waals surface area contributed by atoms with Crippen molar-refractivity contribution in [1.29, 1.82) is 0 Å². The number of sulfonamides is 1. The number of benzene rings is 2. The number of hydrogen-bond donors (Lipinski definition) is 1. The summed E-state index contributed by atoms with van der Waals surface area (Å²) in [6.45, 7) is 4.35. The van der Waals surface area contributed by atoms with Crippen molar-refractivity contribution < 1.29 is 26.8 Å². The number of amides is 1. The van der Waals surface area contributed by atoms with E-state index in [1.54, 1.807) is 11.8 Å². The van der Waals surface area contributed by atoms with Crippen molar-refractivity contribution in [2.24, 2.45) is 0 Å².